The van der Waals surface area contributed by atoms with Crippen molar-refractivity contribution in [2.45, 2.75) is 19.6 Å². The first-order chi connectivity index (χ1) is 18.7. The van der Waals surface area contributed by atoms with Crippen LogP contribution >= 0.6 is 0 Å². The van der Waals surface area contributed by atoms with Crippen molar-refractivity contribution in [3.8, 4) is 0 Å². The van der Waals surface area contributed by atoms with E-state index in [0.717, 1.165) is 55.8 Å². The molecule has 0 radical (unpaired) electrons. The summed E-state index contributed by atoms with van der Waals surface area (Å²) < 4.78 is 41.0. The Labute approximate surface area is 223 Å². The molecule has 2 N–H and O–H groups in total. The Hall–Kier alpha value is -4.03. The molecule has 39 heavy (non-hydrogen) atoms. The first kappa shape index (κ1) is 26.6. The summed E-state index contributed by atoms with van der Waals surface area (Å²) in [6.07, 6.45) is -1.32. The number of rotatable bonds is 7. The minimum atomic E-state index is -4.53. The molecule has 0 aliphatic carbocycles. The molecule has 1 amide bonds. The van der Waals surface area contributed by atoms with Gasteiger partial charge in [-0.05, 0) is 49.9 Å². The predicted molar refractivity (Wildman–Crippen MR) is 143 cm³/mol. The SMILES string of the molecule is Cc1ccc(NC(=O)c2cccc(C(F)(F)F)c2)cc1Nc1ncnc2c1cnn2CCN1CCN(C)CC1. The van der Waals surface area contributed by atoms with Crippen molar-refractivity contribution in [2.75, 3.05) is 50.4 Å². The van der Waals surface area contributed by atoms with Crippen LogP contribution in [0.25, 0.3) is 11.0 Å². The third kappa shape index (κ3) is 6.18. The number of fused-ring (bicyclic) bond motifs is 1. The highest BCUT2D eigenvalue weighted by atomic mass is 19.4. The Morgan fingerprint density at radius 1 is 1.03 bits per heavy atom. The second-order valence-corrected chi connectivity index (χ2v) is 9.66. The molecule has 9 nitrogen and oxygen atoms in total. The molecule has 5 rings (SSSR count). The number of piperazine rings is 1. The summed E-state index contributed by atoms with van der Waals surface area (Å²) in [7, 11) is 2.13. The van der Waals surface area contributed by atoms with Gasteiger partial charge in [-0.25, -0.2) is 14.6 Å². The van der Waals surface area contributed by atoms with Crippen LogP contribution in [0.4, 0.5) is 30.4 Å². The predicted octanol–water partition coefficient (Wildman–Crippen LogP) is 4.40. The number of hydrogen-bond donors (Lipinski definition) is 2. The van der Waals surface area contributed by atoms with Crippen LogP contribution in [0.1, 0.15) is 21.5 Å². The number of hydrogen-bond acceptors (Lipinski definition) is 7. The Balaban J connectivity index is 1.30. The van der Waals surface area contributed by atoms with Crippen molar-refractivity contribution in [3.63, 3.8) is 0 Å². The Kier molecular flexibility index (Phi) is 7.49. The molecule has 0 saturated carbocycles. The van der Waals surface area contributed by atoms with E-state index in [1.54, 1.807) is 18.3 Å². The van der Waals surface area contributed by atoms with Crippen LogP contribution < -0.4 is 10.6 Å². The van der Waals surface area contributed by atoms with E-state index in [1.807, 2.05) is 17.7 Å². The molecule has 0 bridgehead atoms. The number of amides is 1. The quantitative estimate of drug-likeness (QED) is 0.361. The summed E-state index contributed by atoms with van der Waals surface area (Å²) in [6, 6.07) is 9.54. The highest BCUT2D eigenvalue weighted by Crippen LogP contribution is 2.30. The first-order valence-electron chi connectivity index (χ1n) is 12.6. The normalized spacial score (nSPS) is 15.0. The fraction of sp³-hybridized carbons (Fsp3) is 0.333. The van der Waals surface area contributed by atoms with E-state index in [1.165, 1.54) is 18.5 Å². The van der Waals surface area contributed by atoms with Crippen molar-refractivity contribution in [3.05, 3.63) is 71.7 Å². The topological polar surface area (TPSA) is 91.2 Å². The fourth-order valence-electron chi connectivity index (χ4n) is 4.47. The molecule has 1 saturated heterocycles. The van der Waals surface area contributed by atoms with Crippen LogP contribution in [-0.4, -0.2) is 75.2 Å². The lowest BCUT2D eigenvalue weighted by atomic mass is 10.1. The summed E-state index contributed by atoms with van der Waals surface area (Å²) in [4.78, 5) is 26.3. The van der Waals surface area contributed by atoms with Gasteiger partial charge in [0.15, 0.2) is 5.65 Å². The summed E-state index contributed by atoms with van der Waals surface area (Å²) in [5.41, 5.74) is 1.76. The lowest BCUT2D eigenvalue weighted by Crippen LogP contribution is -2.45. The molecule has 1 aliphatic heterocycles. The number of aromatic nitrogens is 4. The number of likely N-dealkylation sites (N-methyl/N-ethyl adjacent to an activating group) is 1. The lowest BCUT2D eigenvalue weighted by Gasteiger charge is -2.32. The van der Waals surface area contributed by atoms with E-state index in [9.17, 15) is 18.0 Å². The molecule has 2 aromatic carbocycles. The highest BCUT2D eigenvalue weighted by Gasteiger charge is 2.31. The van der Waals surface area contributed by atoms with Crippen LogP contribution in [-0.2, 0) is 12.7 Å². The molecule has 12 heteroatoms. The molecular weight excluding hydrogens is 509 g/mol. The molecule has 204 valence electrons. The highest BCUT2D eigenvalue weighted by molar-refractivity contribution is 6.04. The fourth-order valence-corrected chi connectivity index (χ4v) is 4.47. The summed E-state index contributed by atoms with van der Waals surface area (Å²) >= 11 is 0. The minimum absolute atomic E-state index is 0.0820. The standard InChI is InChI=1S/C27H29F3N8O/c1-18-6-7-21(34-26(39)19-4-3-5-20(14-19)27(28,29)30)15-23(18)35-24-22-16-33-38(25(22)32-17-31-24)13-12-37-10-8-36(2)9-11-37/h3-7,14-17H,8-13H2,1-2H3,(H,34,39)(H,31,32,35). The number of carbonyl (C=O) groups excluding carboxylic acids is 1. The van der Waals surface area contributed by atoms with Crippen LogP contribution in [0.15, 0.2) is 55.0 Å². The number of carbonyl (C=O) groups is 1. The Morgan fingerprint density at radius 3 is 2.59 bits per heavy atom. The number of anilines is 3. The third-order valence-corrected chi connectivity index (χ3v) is 6.86. The van der Waals surface area contributed by atoms with Gasteiger partial charge in [-0.1, -0.05) is 12.1 Å². The smallest absolute Gasteiger partial charge is 0.339 e. The molecule has 3 heterocycles. The monoisotopic (exact) mass is 538 g/mol. The van der Waals surface area contributed by atoms with Gasteiger partial charge in [-0.2, -0.15) is 18.3 Å². The number of aryl methyl sites for hydroxylation is 1. The van der Waals surface area contributed by atoms with E-state index < -0.39 is 17.6 Å². The van der Waals surface area contributed by atoms with Gasteiger partial charge < -0.3 is 15.5 Å². The van der Waals surface area contributed by atoms with Crippen molar-refractivity contribution in [1.29, 1.82) is 0 Å². The molecule has 2 aromatic heterocycles. The Bertz CT molecular complexity index is 1480. The molecule has 4 aromatic rings. The zero-order valence-corrected chi connectivity index (χ0v) is 21.7. The largest absolute Gasteiger partial charge is 0.416 e. The molecule has 1 fully saturated rings. The van der Waals surface area contributed by atoms with Gasteiger partial charge in [0.1, 0.15) is 12.1 Å². The van der Waals surface area contributed by atoms with Crippen LogP contribution in [0, 0.1) is 6.92 Å². The maximum absolute atomic E-state index is 13.1. The van der Waals surface area contributed by atoms with Gasteiger partial charge in [-0.3, -0.25) is 9.69 Å². The number of alkyl halides is 3. The lowest BCUT2D eigenvalue weighted by molar-refractivity contribution is -0.137. The molecule has 1 aliphatic rings. The van der Waals surface area contributed by atoms with Crippen LogP contribution in [0.5, 0.6) is 0 Å². The van der Waals surface area contributed by atoms with Gasteiger partial charge in [0.05, 0.1) is 23.7 Å². The first-order valence-corrected chi connectivity index (χ1v) is 12.6. The van der Waals surface area contributed by atoms with Crippen molar-refractivity contribution in [2.24, 2.45) is 0 Å². The average Bonchev–Trinajstić information content (AvgIpc) is 3.34. The van der Waals surface area contributed by atoms with Crippen LogP contribution in [0.3, 0.4) is 0 Å². The van der Waals surface area contributed by atoms with E-state index in [2.05, 4.69) is 42.5 Å². The van der Waals surface area contributed by atoms with Gasteiger partial charge in [-0.15, -0.1) is 0 Å². The average molecular weight is 539 g/mol. The number of nitrogens with zero attached hydrogens (tertiary/aromatic N) is 6. The van der Waals surface area contributed by atoms with Gasteiger partial charge in [0.2, 0.25) is 0 Å². The summed E-state index contributed by atoms with van der Waals surface area (Å²) in [5, 5.41) is 11.3. The minimum Gasteiger partial charge on any atom is -0.339 e. The van der Waals surface area contributed by atoms with E-state index in [0.29, 0.717) is 29.4 Å². The van der Waals surface area contributed by atoms with Crippen molar-refractivity contribution >= 4 is 34.1 Å². The van der Waals surface area contributed by atoms with Gasteiger partial charge in [0.25, 0.3) is 5.91 Å². The number of halogens is 3. The Morgan fingerprint density at radius 2 is 1.82 bits per heavy atom. The number of benzene rings is 2. The van der Waals surface area contributed by atoms with Crippen molar-refractivity contribution < 1.29 is 18.0 Å². The molecule has 0 spiro atoms. The zero-order valence-electron chi connectivity index (χ0n) is 21.7. The van der Waals surface area contributed by atoms with Gasteiger partial charge >= 0.3 is 6.18 Å². The molecular formula is C27H29F3N8O. The van der Waals surface area contributed by atoms with E-state index in [4.69, 9.17) is 0 Å². The second-order valence-electron chi connectivity index (χ2n) is 9.66. The molecule has 0 unspecified atom stereocenters. The third-order valence-electron chi connectivity index (χ3n) is 6.86. The summed E-state index contributed by atoms with van der Waals surface area (Å²) in [6.45, 7) is 7.64. The van der Waals surface area contributed by atoms with E-state index >= 15 is 0 Å². The van der Waals surface area contributed by atoms with E-state index in [-0.39, 0.29) is 5.56 Å². The second kappa shape index (κ2) is 11.0. The zero-order chi connectivity index (χ0) is 27.6. The van der Waals surface area contributed by atoms with Gasteiger partial charge in [0, 0.05) is 49.7 Å². The van der Waals surface area contributed by atoms with Crippen molar-refractivity contribution in [1.82, 2.24) is 29.5 Å². The number of nitrogens with one attached hydrogen (secondary N) is 2. The maximum Gasteiger partial charge on any atom is 0.416 e. The summed E-state index contributed by atoms with van der Waals surface area (Å²) in [5.74, 6) is -0.0720. The molecule has 0 atom stereocenters. The van der Waals surface area contributed by atoms with Crippen LogP contribution in [0.2, 0.25) is 0 Å². The maximum atomic E-state index is 13.1.